The van der Waals surface area contributed by atoms with E-state index in [1.165, 1.54) is 31.3 Å². The molecule has 6 nitrogen and oxygen atoms in total. The molecule has 19 heavy (non-hydrogen) atoms. The van der Waals surface area contributed by atoms with E-state index in [1.807, 2.05) is 6.92 Å². The SMILES string of the molecule is CCCCS(=O)(=O)Nc1ccc(S(=O)(=O)NC)cc1. The first-order valence-corrected chi connectivity index (χ1v) is 8.98. The van der Waals surface area contributed by atoms with E-state index in [2.05, 4.69) is 9.44 Å². The van der Waals surface area contributed by atoms with Gasteiger partial charge in [0.2, 0.25) is 20.0 Å². The topological polar surface area (TPSA) is 92.3 Å². The van der Waals surface area contributed by atoms with Crippen LogP contribution in [0, 0.1) is 0 Å². The third kappa shape index (κ3) is 4.81. The quantitative estimate of drug-likeness (QED) is 0.790. The van der Waals surface area contributed by atoms with Crippen molar-refractivity contribution in [3.8, 4) is 0 Å². The van der Waals surface area contributed by atoms with Gasteiger partial charge in [-0.15, -0.1) is 0 Å². The highest BCUT2D eigenvalue weighted by atomic mass is 32.2. The number of unbranched alkanes of at least 4 members (excludes halogenated alkanes) is 1. The summed E-state index contributed by atoms with van der Waals surface area (Å²) in [6.07, 6.45) is 1.38. The maximum absolute atomic E-state index is 11.7. The Hall–Kier alpha value is -1.12. The second kappa shape index (κ2) is 6.36. The van der Waals surface area contributed by atoms with Crippen molar-refractivity contribution < 1.29 is 16.8 Å². The number of benzene rings is 1. The van der Waals surface area contributed by atoms with Crippen molar-refractivity contribution in [3.05, 3.63) is 24.3 Å². The second-order valence-corrected chi connectivity index (χ2v) is 7.73. The molecule has 2 N–H and O–H groups in total. The molecule has 0 amide bonds. The molecule has 0 saturated heterocycles. The average Bonchev–Trinajstić information content (AvgIpc) is 2.36. The average molecular weight is 306 g/mol. The largest absolute Gasteiger partial charge is 0.284 e. The van der Waals surface area contributed by atoms with Crippen LogP contribution in [0.1, 0.15) is 19.8 Å². The Bertz CT molecular complexity index is 607. The van der Waals surface area contributed by atoms with E-state index in [0.717, 1.165) is 6.42 Å². The van der Waals surface area contributed by atoms with Gasteiger partial charge in [-0.3, -0.25) is 4.72 Å². The minimum atomic E-state index is -3.50. The summed E-state index contributed by atoms with van der Waals surface area (Å²) in [7, 11) is -5.55. The van der Waals surface area contributed by atoms with E-state index in [1.54, 1.807) is 0 Å². The lowest BCUT2D eigenvalue weighted by Crippen LogP contribution is -2.19. The molecule has 0 aliphatic rings. The highest BCUT2D eigenvalue weighted by Crippen LogP contribution is 2.15. The van der Waals surface area contributed by atoms with Crippen molar-refractivity contribution in [2.45, 2.75) is 24.7 Å². The van der Waals surface area contributed by atoms with Gasteiger partial charge < -0.3 is 0 Å². The lowest BCUT2D eigenvalue weighted by Gasteiger charge is -2.08. The summed E-state index contributed by atoms with van der Waals surface area (Å²) in [6, 6.07) is 5.55. The zero-order chi connectivity index (χ0) is 14.5. The molecule has 8 heteroatoms. The molecule has 0 saturated carbocycles. The summed E-state index contributed by atoms with van der Waals surface area (Å²) in [5.74, 6) is 0.0556. The van der Waals surface area contributed by atoms with Crippen LogP contribution in [-0.2, 0) is 20.0 Å². The highest BCUT2D eigenvalue weighted by molar-refractivity contribution is 7.92. The van der Waals surface area contributed by atoms with Crippen molar-refractivity contribution in [2.24, 2.45) is 0 Å². The molecule has 108 valence electrons. The van der Waals surface area contributed by atoms with Crippen LogP contribution in [0.15, 0.2) is 29.2 Å². The number of nitrogens with one attached hydrogen (secondary N) is 2. The van der Waals surface area contributed by atoms with Gasteiger partial charge in [-0.25, -0.2) is 21.6 Å². The third-order valence-electron chi connectivity index (χ3n) is 2.47. The maximum Gasteiger partial charge on any atom is 0.240 e. The van der Waals surface area contributed by atoms with E-state index in [9.17, 15) is 16.8 Å². The molecule has 0 aliphatic carbocycles. The predicted octanol–water partition coefficient (Wildman–Crippen LogP) is 1.14. The molecule has 0 radical (unpaired) electrons. The first-order chi connectivity index (χ1) is 8.80. The molecule has 0 unspecified atom stereocenters. The smallest absolute Gasteiger partial charge is 0.240 e. The molecule has 0 spiro atoms. The number of sulfonamides is 2. The van der Waals surface area contributed by atoms with Crippen molar-refractivity contribution in [1.29, 1.82) is 0 Å². The summed E-state index contributed by atoms with van der Waals surface area (Å²) >= 11 is 0. The number of anilines is 1. The van der Waals surface area contributed by atoms with Gasteiger partial charge in [0.25, 0.3) is 0 Å². The summed E-state index contributed by atoms with van der Waals surface area (Å²) < 4.78 is 50.9. The molecule has 0 aliphatic heterocycles. The Morgan fingerprint density at radius 1 is 1.05 bits per heavy atom. The zero-order valence-electron chi connectivity index (χ0n) is 10.9. The van der Waals surface area contributed by atoms with Gasteiger partial charge in [-0.1, -0.05) is 13.3 Å². The fourth-order valence-electron chi connectivity index (χ4n) is 1.38. The number of hydrogen-bond acceptors (Lipinski definition) is 4. The molecule has 0 atom stereocenters. The lowest BCUT2D eigenvalue weighted by molar-refractivity contribution is 0.588. The fraction of sp³-hybridized carbons (Fsp3) is 0.455. The number of hydrogen-bond donors (Lipinski definition) is 2. The Labute approximate surface area is 114 Å². The van der Waals surface area contributed by atoms with E-state index in [-0.39, 0.29) is 10.6 Å². The standard InChI is InChI=1S/C11H18N2O4S2/c1-3-4-9-18(14,15)13-10-5-7-11(8-6-10)19(16,17)12-2/h5-8,12-13H,3-4,9H2,1-2H3. The first kappa shape index (κ1) is 15.9. The van der Waals surface area contributed by atoms with Gasteiger partial charge in [-0.05, 0) is 37.7 Å². The van der Waals surface area contributed by atoms with Gasteiger partial charge >= 0.3 is 0 Å². The fourth-order valence-corrected chi connectivity index (χ4v) is 3.38. The van der Waals surface area contributed by atoms with Crippen LogP contribution in [0.25, 0.3) is 0 Å². The Morgan fingerprint density at radius 2 is 1.63 bits per heavy atom. The minimum absolute atomic E-state index is 0.0556. The maximum atomic E-state index is 11.7. The summed E-state index contributed by atoms with van der Waals surface area (Å²) in [5, 5.41) is 0. The minimum Gasteiger partial charge on any atom is -0.284 e. The molecule has 0 aromatic heterocycles. The van der Waals surface area contributed by atoms with Gasteiger partial charge in [0.05, 0.1) is 10.6 Å². The molecular formula is C11H18N2O4S2. The van der Waals surface area contributed by atoms with Crippen molar-refractivity contribution in [2.75, 3.05) is 17.5 Å². The van der Waals surface area contributed by atoms with E-state index in [4.69, 9.17) is 0 Å². The molecular weight excluding hydrogens is 288 g/mol. The predicted molar refractivity (Wildman–Crippen MR) is 75.0 cm³/mol. The van der Waals surface area contributed by atoms with Crippen LogP contribution in [0.5, 0.6) is 0 Å². The van der Waals surface area contributed by atoms with Gasteiger partial charge in [-0.2, -0.15) is 0 Å². The van der Waals surface area contributed by atoms with E-state index >= 15 is 0 Å². The molecule has 1 aromatic carbocycles. The van der Waals surface area contributed by atoms with Crippen LogP contribution >= 0.6 is 0 Å². The van der Waals surface area contributed by atoms with E-state index < -0.39 is 20.0 Å². The summed E-state index contributed by atoms with van der Waals surface area (Å²) in [6.45, 7) is 1.91. The van der Waals surface area contributed by atoms with Crippen LogP contribution < -0.4 is 9.44 Å². The molecule has 0 heterocycles. The second-order valence-electron chi connectivity index (χ2n) is 4.01. The van der Waals surface area contributed by atoms with Gasteiger partial charge in [0, 0.05) is 5.69 Å². The zero-order valence-corrected chi connectivity index (χ0v) is 12.5. The lowest BCUT2D eigenvalue weighted by atomic mass is 10.3. The molecule has 0 fully saturated rings. The molecule has 0 bridgehead atoms. The molecule has 1 aromatic rings. The summed E-state index contributed by atoms with van der Waals surface area (Å²) in [4.78, 5) is 0.0894. The Balaban J connectivity index is 2.84. The van der Waals surface area contributed by atoms with Gasteiger partial charge in [0.1, 0.15) is 0 Å². The van der Waals surface area contributed by atoms with Crippen molar-refractivity contribution in [1.82, 2.24) is 4.72 Å². The molecule has 1 rings (SSSR count). The monoisotopic (exact) mass is 306 g/mol. The van der Waals surface area contributed by atoms with Crippen LogP contribution in [0.3, 0.4) is 0 Å². The highest BCUT2D eigenvalue weighted by Gasteiger charge is 2.12. The Morgan fingerprint density at radius 3 is 2.11 bits per heavy atom. The van der Waals surface area contributed by atoms with Gasteiger partial charge in [0.15, 0.2) is 0 Å². The Kier molecular flexibility index (Phi) is 5.33. The van der Waals surface area contributed by atoms with Crippen molar-refractivity contribution in [3.63, 3.8) is 0 Å². The van der Waals surface area contributed by atoms with Crippen LogP contribution in [0.4, 0.5) is 5.69 Å². The van der Waals surface area contributed by atoms with Crippen LogP contribution in [-0.4, -0.2) is 29.6 Å². The third-order valence-corrected chi connectivity index (χ3v) is 5.28. The first-order valence-electron chi connectivity index (χ1n) is 5.85. The van der Waals surface area contributed by atoms with Crippen LogP contribution in [0.2, 0.25) is 0 Å². The van der Waals surface area contributed by atoms with E-state index in [0.29, 0.717) is 12.1 Å². The van der Waals surface area contributed by atoms with Crippen molar-refractivity contribution >= 4 is 25.7 Å². The number of rotatable bonds is 7. The normalized spacial score (nSPS) is 12.3. The summed E-state index contributed by atoms with van der Waals surface area (Å²) in [5.41, 5.74) is 0.353.